The highest BCUT2D eigenvalue weighted by Gasteiger charge is 2.11. The van der Waals surface area contributed by atoms with Gasteiger partial charge in [0.05, 0.1) is 12.7 Å². The van der Waals surface area contributed by atoms with E-state index >= 15 is 0 Å². The summed E-state index contributed by atoms with van der Waals surface area (Å²) in [7, 11) is 1.52. The van der Waals surface area contributed by atoms with Crippen LogP contribution in [0.2, 0.25) is 0 Å². The molecule has 0 aliphatic heterocycles. The number of hydrogen-bond donors (Lipinski definition) is 2. The lowest BCUT2D eigenvalue weighted by atomic mass is 10.1. The van der Waals surface area contributed by atoms with Gasteiger partial charge in [-0.1, -0.05) is 6.07 Å². The number of aliphatic hydroxyl groups excluding tert-OH is 1. The number of ether oxygens (including phenoxy) is 1. The molecule has 1 aromatic carbocycles. The first-order valence-corrected chi connectivity index (χ1v) is 5.90. The third-order valence-electron chi connectivity index (χ3n) is 2.72. The molecule has 2 N–H and O–H groups in total. The molecule has 0 aromatic heterocycles. The van der Waals surface area contributed by atoms with Crippen molar-refractivity contribution in [1.29, 1.82) is 0 Å². The van der Waals surface area contributed by atoms with E-state index in [1.807, 2.05) is 0 Å². The third-order valence-corrected chi connectivity index (χ3v) is 2.72. The number of benzene rings is 1. The molecule has 3 nitrogen and oxygen atoms in total. The molecule has 18 heavy (non-hydrogen) atoms. The summed E-state index contributed by atoms with van der Waals surface area (Å²) in [4.78, 5) is 0. The van der Waals surface area contributed by atoms with Gasteiger partial charge in [0.25, 0.3) is 0 Å². The van der Waals surface area contributed by atoms with Crippen LogP contribution >= 0.6 is 0 Å². The monoisotopic (exact) mass is 259 g/mol. The van der Waals surface area contributed by atoms with E-state index in [2.05, 4.69) is 5.32 Å². The molecule has 0 aliphatic rings. The van der Waals surface area contributed by atoms with Crippen LogP contribution in [0.15, 0.2) is 18.2 Å². The van der Waals surface area contributed by atoms with Gasteiger partial charge in [-0.15, -0.1) is 0 Å². The van der Waals surface area contributed by atoms with Crippen LogP contribution in [0.25, 0.3) is 0 Å². The predicted octanol–water partition coefficient (Wildman–Crippen LogP) is 2.01. The van der Waals surface area contributed by atoms with Gasteiger partial charge in [-0.25, -0.2) is 8.78 Å². The molecule has 1 rings (SSSR count). The summed E-state index contributed by atoms with van der Waals surface area (Å²) in [6.07, 6.45) is -0.0196. The minimum absolute atomic E-state index is 0.236. The fraction of sp³-hybridized carbons (Fsp3) is 0.538. The Morgan fingerprint density at radius 1 is 1.39 bits per heavy atom. The maximum Gasteiger partial charge on any atom is 0.130 e. The fourth-order valence-electron chi connectivity index (χ4n) is 1.70. The molecule has 0 fully saturated rings. The van der Waals surface area contributed by atoms with E-state index < -0.39 is 17.7 Å². The molecule has 0 saturated heterocycles. The molecule has 0 amide bonds. The highest BCUT2D eigenvalue weighted by atomic mass is 19.1. The molecule has 2 atom stereocenters. The third kappa shape index (κ3) is 4.68. The van der Waals surface area contributed by atoms with Crippen LogP contribution in [0.1, 0.15) is 24.9 Å². The van der Waals surface area contributed by atoms with Crippen LogP contribution in [0, 0.1) is 11.6 Å². The van der Waals surface area contributed by atoms with Crippen molar-refractivity contribution in [2.24, 2.45) is 0 Å². The number of methoxy groups -OCH3 is 1. The summed E-state index contributed by atoms with van der Waals surface area (Å²) in [6.45, 7) is 2.60. The molecule has 0 saturated carbocycles. The van der Waals surface area contributed by atoms with E-state index in [-0.39, 0.29) is 12.6 Å². The van der Waals surface area contributed by atoms with Gasteiger partial charge in [-0.3, -0.25) is 0 Å². The first-order chi connectivity index (χ1) is 8.54. The topological polar surface area (TPSA) is 41.5 Å². The van der Waals surface area contributed by atoms with Crippen LogP contribution in [0.3, 0.4) is 0 Å². The minimum atomic E-state index is -0.584. The Morgan fingerprint density at radius 3 is 2.72 bits per heavy atom. The Labute approximate surface area is 106 Å². The van der Waals surface area contributed by atoms with Crippen LogP contribution in [-0.4, -0.2) is 31.5 Å². The summed E-state index contributed by atoms with van der Waals surface area (Å²) in [5.74, 6) is -1.15. The summed E-state index contributed by atoms with van der Waals surface area (Å²) in [5.41, 5.74) is 0.414. The van der Waals surface area contributed by atoms with Gasteiger partial charge in [0.1, 0.15) is 11.6 Å². The Kier molecular flexibility index (Phi) is 6.18. The highest BCUT2D eigenvalue weighted by Crippen LogP contribution is 2.17. The maximum atomic E-state index is 13.5. The number of rotatable bonds is 7. The average Bonchev–Trinajstić information content (AvgIpc) is 2.29. The maximum absolute atomic E-state index is 13.5. The van der Waals surface area contributed by atoms with Crippen LogP contribution in [0.4, 0.5) is 8.78 Å². The first-order valence-electron chi connectivity index (χ1n) is 5.90. The Bertz CT molecular complexity index is 374. The predicted molar refractivity (Wildman–Crippen MR) is 65.3 cm³/mol. The normalized spacial score (nSPS) is 14.5. The van der Waals surface area contributed by atoms with Gasteiger partial charge in [0, 0.05) is 24.8 Å². The fourth-order valence-corrected chi connectivity index (χ4v) is 1.70. The van der Waals surface area contributed by atoms with E-state index in [9.17, 15) is 13.9 Å². The Balaban J connectivity index is 2.43. The number of nitrogens with one attached hydrogen (secondary N) is 1. The second kappa shape index (κ2) is 7.41. The zero-order valence-electron chi connectivity index (χ0n) is 10.6. The van der Waals surface area contributed by atoms with Crippen molar-refractivity contribution in [3.63, 3.8) is 0 Å². The molecule has 0 bridgehead atoms. The van der Waals surface area contributed by atoms with E-state index in [1.165, 1.54) is 19.2 Å². The van der Waals surface area contributed by atoms with E-state index in [0.717, 1.165) is 6.07 Å². The summed E-state index contributed by atoms with van der Waals surface area (Å²) >= 11 is 0. The molecule has 0 heterocycles. The van der Waals surface area contributed by atoms with Gasteiger partial charge in [0.15, 0.2) is 0 Å². The van der Waals surface area contributed by atoms with Gasteiger partial charge in [-0.2, -0.15) is 0 Å². The summed E-state index contributed by atoms with van der Waals surface area (Å²) < 4.78 is 31.0. The first kappa shape index (κ1) is 15.0. The highest BCUT2D eigenvalue weighted by molar-refractivity contribution is 5.21. The van der Waals surface area contributed by atoms with Crippen molar-refractivity contribution in [3.05, 3.63) is 35.4 Å². The van der Waals surface area contributed by atoms with Crippen molar-refractivity contribution >= 4 is 0 Å². The molecular weight excluding hydrogens is 240 g/mol. The Morgan fingerprint density at radius 2 is 2.11 bits per heavy atom. The average molecular weight is 259 g/mol. The van der Waals surface area contributed by atoms with E-state index in [1.54, 1.807) is 6.92 Å². The van der Waals surface area contributed by atoms with Crippen molar-refractivity contribution in [2.45, 2.75) is 25.5 Å². The lowest BCUT2D eigenvalue weighted by Gasteiger charge is -2.16. The lowest BCUT2D eigenvalue weighted by molar-refractivity contribution is 0.0590. The quantitative estimate of drug-likeness (QED) is 0.787. The van der Waals surface area contributed by atoms with Crippen molar-refractivity contribution in [2.75, 3.05) is 20.3 Å². The Hall–Kier alpha value is -1.04. The van der Waals surface area contributed by atoms with Crippen LogP contribution in [-0.2, 0) is 4.74 Å². The number of hydrogen-bond acceptors (Lipinski definition) is 3. The second-order valence-corrected chi connectivity index (χ2v) is 4.24. The molecule has 5 heteroatoms. The van der Waals surface area contributed by atoms with Crippen LogP contribution < -0.4 is 5.32 Å². The molecule has 2 unspecified atom stereocenters. The standard InChI is InChI=1S/C13H19F2NO2/c1-9(16-6-5-11(17)8-18-2)12-4-3-10(14)7-13(12)15/h3-4,7,9,11,16-17H,5-6,8H2,1-2H3. The molecular formula is C13H19F2NO2. The largest absolute Gasteiger partial charge is 0.391 e. The molecule has 102 valence electrons. The molecule has 0 radical (unpaired) electrons. The SMILES string of the molecule is COCC(O)CCNC(C)c1ccc(F)cc1F. The molecule has 0 aliphatic carbocycles. The zero-order valence-corrected chi connectivity index (χ0v) is 10.6. The number of halogens is 2. The second-order valence-electron chi connectivity index (χ2n) is 4.24. The van der Waals surface area contributed by atoms with Gasteiger partial charge in [0.2, 0.25) is 0 Å². The lowest BCUT2D eigenvalue weighted by Crippen LogP contribution is -2.26. The van der Waals surface area contributed by atoms with Gasteiger partial charge >= 0.3 is 0 Å². The van der Waals surface area contributed by atoms with Gasteiger partial charge < -0.3 is 15.2 Å². The van der Waals surface area contributed by atoms with Gasteiger partial charge in [-0.05, 0) is 26.0 Å². The summed E-state index contributed by atoms with van der Waals surface area (Å²) in [5, 5.41) is 12.5. The summed E-state index contributed by atoms with van der Waals surface area (Å²) in [6, 6.07) is 3.29. The van der Waals surface area contributed by atoms with E-state index in [4.69, 9.17) is 4.74 Å². The van der Waals surface area contributed by atoms with Crippen molar-refractivity contribution in [3.8, 4) is 0 Å². The molecule has 1 aromatic rings. The van der Waals surface area contributed by atoms with Crippen molar-refractivity contribution < 1.29 is 18.6 Å². The smallest absolute Gasteiger partial charge is 0.130 e. The van der Waals surface area contributed by atoms with Crippen LogP contribution in [0.5, 0.6) is 0 Å². The number of aliphatic hydroxyl groups is 1. The van der Waals surface area contributed by atoms with Crippen molar-refractivity contribution in [1.82, 2.24) is 5.32 Å². The zero-order chi connectivity index (χ0) is 13.5. The minimum Gasteiger partial charge on any atom is -0.391 e. The molecule has 0 spiro atoms. The van der Waals surface area contributed by atoms with E-state index in [0.29, 0.717) is 18.5 Å².